The third-order valence-electron chi connectivity index (χ3n) is 3.46. The Kier molecular flexibility index (Phi) is 4.15. The minimum Gasteiger partial charge on any atom is -0.264 e. The van der Waals surface area contributed by atoms with Gasteiger partial charge in [-0.15, -0.1) is 10.2 Å². The van der Waals surface area contributed by atoms with Gasteiger partial charge in [-0.25, -0.2) is 0 Å². The van der Waals surface area contributed by atoms with E-state index in [9.17, 15) is 0 Å². The van der Waals surface area contributed by atoms with Crippen molar-refractivity contribution in [3.05, 3.63) is 71.5 Å². The van der Waals surface area contributed by atoms with Crippen LogP contribution in [0, 0.1) is 0 Å². The molecule has 0 atom stereocenters. The first-order valence-corrected chi connectivity index (χ1v) is 8.66. The van der Waals surface area contributed by atoms with Gasteiger partial charge >= 0.3 is 0 Å². The van der Waals surface area contributed by atoms with Crippen LogP contribution in [0.2, 0.25) is 5.02 Å². The molecule has 0 aliphatic rings. The summed E-state index contributed by atoms with van der Waals surface area (Å²) in [7, 11) is 0. The van der Waals surface area contributed by atoms with Crippen molar-refractivity contribution in [3.8, 4) is 11.3 Å². The summed E-state index contributed by atoms with van der Waals surface area (Å²) in [5, 5.41) is 14.5. The summed E-state index contributed by atoms with van der Waals surface area (Å²) in [4.78, 5) is 4.13. The first-order valence-electron chi connectivity index (χ1n) is 7.30. The van der Waals surface area contributed by atoms with Gasteiger partial charge < -0.3 is 0 Å². The van der Waals surface area contributed by atoms with Crippen LogP contribution in [0.3, 0.4) is 0 Å². The Bertz CT molecular complexity index is 969. The molecular formula is C17H12ClN5S. The standard InChI is InChI=1S/C17H12ClN5S/c18-14-5-3-13(4-6-14)15-7-8-16-20-21-17(23(16)22-15)24-11-12-2-1-9-19-10-12/h1-10H,11H2. The molecule has 0 bridgehead atoms. The van der Waals surface area contributed by atoms with Crippen LogP contribution in [0.1, 0.15) is 5.56 Å². The second-order valence-corrected chi connectivity index (χ2v) is 6.51. The maximum absolute atomic E-state index is 5.95. The average Bonchev–Trinajstić information content (AvgIpc) is 3.04. The molecule has 0 N–H and O–H groups in total. The number of fused-ring (bicyclic) bond motifs is 1. The zero-order valence-corrected chi connectivity index (χ0v) is 14.1. The predicted molar refractivity (Wildman–Crippen MR) is 95.0 cm³/mol. The van der Waals surface area contributed by atoms with Gasteiger partial charge in [-0.1, -0.05) is 41.6 Å². The van der Waals surface area contributed by atoms with E-state index in [4.69, 9.17) is 11.6 Å². The number of hydrogen-bond acceptors (Lipinski definition) is 5. The normalized spacial score (nSPS) is 11.0. The molecule has 1 aromatic carbocycles. The molecule has 0 unspecified atom stereocenters. The van der Waals surface area contributed by atoms with Crippen molar-refractivity contribution in [3.63, 3.8) is 0 Å². The van der Waals surface area contributed by atoms with Gasteiger partial charge in [0.25, 0.3) is 0 Å². The summed E-state index contributed by atoms with van der Waals surface area (Å²) < 4.78 is 1.77. The molecule has 24 heavy (non-hydrogen) atoms. The predicted octanol–water partition coefficient (Wildman–Crippen LogP) is 4.13. The molecule has 0 amide bonds. The molecular weight excluding hydrogens is 342 g/mol. The lowest BCUT2D eigenvalue weighted by Crippen LogP contribution is -1.96. The third kappa shape index (κ3) is 3.11. The average molecular weight is 354 g/mol. The molecule has 0 fully saturated rings. The lowest BCUT2D eigenvalue weighted by Gasteiger charge is -2.03. The van der Waals surface area contributed by atoms with Crippen LogP contribution in [0.4, 0.5) is 0 Å². The van der Waals surface area contributed by atoms with Gasteiger partial charge in [-0.05, 0) is 35.9 Å². The van der Waals surface area contributed by atoms with Crippen LogP contribution in [-0.4, -0.2) is 24.8 Å². The summed E-state index contributed by atoms with van der Waals surface area (Å²) in [5.74, 6) is 0.765. The molecule has 3 heterocycles. The maximum Gasteiger partial charge on any atom is 0.212 e. The number of pyridine rings is 1. The summed E-state index contributed by atoms with van der Waals surface area (Å²) in [6.07, 6.45) is 3.61. The Hall–Kier alpha value is -2.44. The molecule has 0 saturated carbocycles. The highest BCUT2D eigenvalue weighted by molar-refractivity contribution is 7.98. The molecule has 0 saturated heterocycles. The van der Waals surface area contributed by atoms with Crippen LogP contribution < -0.4 is 0 Å². The second-order valence-electron chi connectivity index (χ2n) is 5.13. The lowest BCUT2D eigenvalue weighted by atomic mass is 10.1. The number of rotatable bonds is 4. The zero-order chi connectivity index (χ0) is 16.4. The van der Waals surface area contributed by atoms with Gasteiger partial charge in [0.2, 0.25) is 5.16 Å². The van der Waals surface area contributed by atoms with Gasteiger partial charge in [-0.3, -0.25) is 4.98 Å². The first-order chi connectivity index (χ1) is 11.8. The third-order valence-corrected chi connectivity index (χ3v) is 4.71. The van der Waals surface area contributed by atoms with Crippen molar-refractivity contribution in [2.75, 3.05) is 0 Å². The Morgan fingerprint density at radius 2 is 1.88 bits per heavy atom. The van der Waals surface area contributed by atoms with Crippen molar-refractivity contribution in [1.82, 2.24) is 24.8 Å². The zero-order valence-electron chi connectivity index (χ0n) is 12.5. The number of nitrogens with zero attached hydrogens (tertiary/aromatic N) is 5. The highest BCUT2D eigenvalue weighted by Crippen LogP contribution is 2.23. The molecule has 0 aliphatic heterocycles. The van der Waals surface area contributed by atoms with Crippen LogP contribution in [0.5, 0.6) is 0 Å². The summed E-state index contributed by atoms with van der Waals surface area (Å²) in [5.41, 5.74) is 3.70. The van der Waals surface area contributed by atoms with E-state index in [-0.39, 0.29) is 0 Å². The van der Waals surface area contributed by atoms with E-state index in [2.05, 4.69) is 20.3 Å². The van der Waals surface area contributed by atoms with E-state index in [0.717, 1.165) is 33.4 Å². The first kappa shape index (κ1) is 15.1. The van der Waals surface area contributed by atoms with E-state index in [1.807, 2.05) is 54.7 Å². The molecule has 4 aromatic rings. The minimum atomic E-state index is 0.705. The van der Waals surface area contributed by atoms with Gasteiger partial charge in [0.1, 0.15) is 0 Å². The molecule has 4 rings (SSSR count). The summed E-state index contributed by atoms with van der Waals surface area (Å²) in [6, 6.07) is 15.4. The van der Waals surface area contributed by atoms with Crippen LogP contribution in [0.15, 0.2) is 66.1 Å². The number of benzene rings is 1. The molecule has 0 aliphatic carbocycles. The quantitative estimate of drug-likeness (QED) is 0.516. The fourth-order valence-electron chi connectivity index (χ4n) is 2.27. The molecule has 5 nitrogen and oxygen atoms in total. The fraction of sp³-hybridized carbons (Fsp3) is 0.0588. The summed E-state index contributed by atoms with van der Waals surface area (Å²) >= 11 is 7.53. The highest BCUT2D eigenvalue weighted by Gasteiger charge is 2.09. The molecule has 0 radical (unpaired) electrons. The van der Waals surface area contributed by atoms with E-state index in [1.165, 1.54) is 0 Å². The number of hydrogen-bond donors (Lipinski definition) is 0. The van der Waals surface area contributed by atoms with Gasteiger partial charge in [0.05, 0.1) is 5.69 Å². The second kappa shape index (κ2) is 6.59. The minimum absolute atomic E-state index is 0.705. The van der Waals surface area contributed by atoms with Gasteiger partial charge in [0, 0.05) is 28.7 Å². The number of aromatic nitrogens is 5. The molecule has 118 valence electrons. The largest absolute Gasteiger partial charge is 0.264 e. The monoisotopic (exact) mass is 353 g/mol. The number of thioether (sulfide) groups is 1. The topological polar surface area (TPSA) is 56.0 Å². The fourth-order valence-corrected chi connectivity index (χ4v) is 3.21. The Labute approximate surface area is 147 Å². The maximum atomic E-state index is 5.95. The van der Waals surface area contributed by atoms with Crippen LogP contribution >= 0.6 is 23.4 Å². The van der Waals surface area contributed by atoms with E-state index >= 15 is 0 Å². The smallest absolute Gasteiger partial charge is 0.212 e. The van der Waals surface area contributed by atoms with Crippen molar-refractivity contribution in [2.45, 2.75) is 10.9 Å². The van der Waals surface area contributed by atoms with Crippen LogP contribution in [-0.2, 0) is 5.75 Å². The Morgan fingerprint density at radius 1 is 1.00 bits per heavy atom. The van der Waals surface area contributed by atoms with E-state index in [1.54, 1.807) is 22.5 Å². The van der Waals surface area contributed by atoms with Crippen molar-refractivity contribution < 1.29 is 0 Å². The lowest BCUT2D eigenvalue weighted by molar-refractivity contribution is 0.813. The number of halogens is 1. The SMILES string of the molecule is Clc1ccc(-c2ccc3nnc(SCc4cccnc4)n3n2)cc1. The molecule has 3 aromatic heterocycles. The summed E-state index contributed by atoms with van der Waals surface area (Å²) in [6.45, 7) is 0. The van der Waals surface area contributed by atoms with E-state index < -0.39 is 0 Å². The van der Waals surface area contributed by atoms with Crippen LogP contribution in [0.25, 0.3) is 16.9 Å². The molecule has 0 spiro atoms. The van der Waals surface area contributed by atoms with Gasteiger partial charge in [0.15, 0.2) is 5.65 Å². The van der Waals surface area contributed by atoms with Gasteiger partial charge in [-0.2, -0.15) is 9.61 Å². The van der Waals surface area contributed by atoms with E-state index in [0.29, 0.717) is 5.02 Å². The van der Waals surface area contributed by atoms with Crippen molar-refractivity contribution >= 4 is 29.0 Å². The Balaban J connectivity index is 1.64. The Morgan fingerprint density at radius 3 is 2.67 bits per heavy atom. The highest BCUT2D eigenvalue weighted by atomic mass is 35.5. The van der Waals surface area contributed by atoms with Crippen molar-refractivity contribution in [1.29, 1.82) is 0 Å². The molecule has 7 heteroatoms. The van der Waals surface area contributed by atoms with Crippen molar-refractivity contribution in [2.24, 2.45) is 0 Å².